The summed E-state index contributed by atoms with van der Waals surface area (Å²) < 4.78 is 4.97. The topological polar surface area (TPSA) is 87.2 Å². The zero-order chi connectivity index (χ0) is 22.2. The highest BCUT2D eigenvalue weighted by atomic mass is 16.5. The Kier molecular flexibility index (Phi) is 5.73. The van der Waals surface area contributed by atoms with Crippen molar-refractivity contribution in [2.45, 2.75) is 43.6 Å². The van der Waals surface area contributed by atoms with Crippen LogP contribution in [0, 0.1) is 5.92 Å². The van der Waals surface area contributed by atoms with Crippen molar-refractivity contribution < 1.29 is 23.9 Å². The predicted octanol–water partition coefficient (Wildman–Crippen LogP) is 2.00. The van der Waals surface area contributed by atoms with E-state index in [2.05, 4.69) is 0 Å². The molecule has 1 aromatic rings. The third-order valence-electron chi connectivity index (χ3n) is 7.18. The van der Waals surface area contributed by atoms with Gasteiger partial charge in [0.25, 0.3) is 5.91 Å². The molecule has 1 spiro atoms. The lowest BCUT2D eigenvalue weighted by Crippen LogP contribution is -2.49. The van der Waals surface area contributed by atoms with Crippen molar-refractivity contribution in [1.29, 1.82) is 0 Å². The highest BCUT2D eigenvalue weighted by molar-refractivity contribution is 6.09. The fraction of sp³-hybridized carbons (Fsp3) is 0.565. The van der Waals surface area contributed by atoms with Gasteiger partial charge < -0.3 is 14.5 Å². The molecule has 0 bridgehead atoms. The average Bonchev–Trinajstić information content (AvgIpc) is 3.32. The van der Waals surface area contributed by atoms with Crippen LogP contribution in [0.1, 0.15) is 43.6 Å². The lowest BCUT2D eigenvalue weighted by molar-refractivity contribution is -0.146. The van der Waals surface area contributed by atoms with Gasteiger partial charge in [-0.3, -0.25) is 19.3 Å². The molecule has 1 aromatic carbocycles. The number of carbonyl (C=O) groups is 4. The Balaban J connectivity index is 1.50. The van der Waals surface area contributed by atoms with Gasteiger partial charge in [-0.05, 0) is 18.4 Å². The fourth-order valence-electron chi connectivity index (χ4n) is 5.34. The Morgan fingerprint density at radius 2 is 1.74 bits per heavy atom. The molecule has 0 N–H and O–H groups in total. The monoisotopic (exact) mass is 427 g/mol. The molecular formula is C23H29N3O5. The van der Waals surface area contributed by atoms with Crippen molar-refractivity contribution in [3.05, 3.63) is 35.9 Å². The number of ether oxygens (including phenoxy) is 1. The van der Waals surface area contributed by atoms with Gasteiger partial charge in [0.2, 0.25) is 5.91 Å². The largest absolute Gasteiger partial charge is 0.469 e. The van der Waals surface area contributed by atoms with Gasteiger partial charge in [0.05, 0.1) is 13.0 Å². The molecule has 3 aliphatic rings. The molecule has 1 saturated carbocycles. The van der Waals surface area contributed by atoms with Crippen molar-refractivity contribution in [3.63, 3.8) is 0 Å². The summed E-state index contributed by atoms with van der Waals surface area (Å²) in [4.78, 5) is 55.7. The minimum atomic E-state index is -0.804. The van der Waals surface area contributed by atoms with Crippen LogP contribution in [0.3, 0.4) is 0 Å². The van der Waals surface area contributed by atoms with Crippen LogP contribution >= 0.6 is 0 Å². The molecule has 2 aliphatic heterocycles. The van der Waals surface area contributed by atoms with Gasteiger partial charge >= 0.3 is 12.0 Å². The molecule has 4 rings (SSSR count). The molecule has 0 radical (unpaired) electrons. The minimum absolute atomic E-state index is 0.185. The zero-order valence-electron chi connectivity index (χ0n) is 18.1. The summed E-state index contributed by atoms with van der Waals surface area (Å²) in [6.45, 7) is 0.265. The van der Waals surface area contributed by atoms with Crippen LogP contribution in [0.2, 0.25) is 0 Å². The average molecular weight is 428 g/mol. The van der Waals surface area contributed by atoms with Gasteiger partial charge in [0.15, 0.2) is 0 Å². The number of amides is 4. The maximum atomic E-state index is 13.2. The summed E-state index contributed by atoms with van der Waals surface area (Å²) in [5, 5.41) is 0. The van der Waals surface area contributed by atoms with E-state index in [0.29, 0.717) is 19.4 Å². The summed E-state index contributed by atoms with van der Waals surface area (Å²) in [6.07, 6.45) is 4.14. The third-order valence-corrected chi connectivity index (χ3v) is 7.18. The lowest BCUT2D eigenvalue weighted by Gasteiger charge is -2.35. The molecule has 2 saturated heterocycles. The summed E-state index contributed by atoms with van der Waals surface area (Å²) in [7, 11) is 3.00. The molecule has 166 valence electrons. The number of carbonyl (C=O) groups excluding carboxylic acids is 4. The van der Waals surface area contributed by atoms with E-state index in [1.165, 1.54) is 12.0 Å². The number of rotatable bonds is 4. The Labute approximate surface area is 182 Å². The van der Waals surface area contributed by atoms with Crippen LogP contribution in [-0.2, 0) is 19.1 Å². The van der Waals surface area contributed by atoms with Gasteiger partial charge in [-0.15, -0.1) is 0 Å². The Morgan fingerprint density at radius 1 is 1.06 bits per heavy atom. The first kappa shape index (κ1) is 21.3. The van der Waals surface area contributed by atoms with Crippen molar-refractivity contribution in [1.82, 2.24) is 14.7 Å². The van der Waals surface area contributed by atoms with Gasteiger partial charge in [-0.1, -0.05) is 49.6 Å². The van der Waals surface area contributed by atoms with Crippen molar-refractivity contribution in [2.75, 3.05) is 33.8 Å². The predicted molar refractivity (Wildman–Crippen MR) is 112 cm³/mol. The smallest absolute Gasteiger partial charge is 0.327 e. The molecular weight excluding hydrogens is 398 g/mol. The number of benzene rings is 1. The number of likely N-dealkylation sites (tertiary alicyclic amines) is 1. The van der Waals surface area contributed by atoms with Crippen LogP contribution in [0.4, 0.5) is 4.79 Å². The summed E-state index contributed by atoms with van der Waals surface area (Å²) in [6, 6.07) is 9.15. The highest BCUT2D eigenvalue weighted by Gasteiger charge is 2.56. The second kappa shape index (κ2) is 8.32. The SMILES string of the molecule is COC(=O)[C@@H]1CN(C(=O)CN2C(=O)N(C)C3(CCCCC3)C2=O)C[C@H]1c1ccccc1. The van der Waals surface area contributed by atoms with Crippen LogP contribution in [0.5, 0.6) is 0 Å². The molecule has 0 unspecified atom stereocenters. The van der Waals surface area contributed by atoms with E-state index >= 15 is 0 Å². The number of hydrogen-bond donors (Lipinski definition) is 0. The van der Waals surface area contributed by atoms with Gasteiger partial charge in [-0.2, -0.15) is 0 Å². The van der Waals surface area contributed by atoms with E-state index in [1.54, 1.807) is 11.9 Å². The summed E-state index contributed by atoms with van der Waals surface area (Å²) in [5.41, 5.74) is 0.157. The highest BCUT2D eigenvalue weighted by Crippen LogP contribution is 2.40. The number of hydrogen-bond acceptors (Lipinski definition) is 5. The van der Waals surface area contributed by atoms with E-state index in [4.69, 9.17) is 4.74 Å². The van der Waals surface area contributed by atoms with E-state index in [1.807, 2.05) is 30.3 Å². The standard InChI is InChI=1S/C23H29N3O5/c1-24-22(30)26(21(29)23(24)11-7-4-8-12-23)15-19(27)25-13-17(16-9-5-3-6-10-16)18(14-25)20(28)31-2/h3,5-6,9-10,17-18H,4,7-8,11-15H2,1-2H3/t17-,18+/m0/s1. The molecule has 2 atom stereocenters. The molecule has 0 aromatic heterocycles. The van der Waals surface area contributed by atoms with Gasteiger partial charge in [0, 0.05) is 26.1 Å². The number of imide groups is 1. The number of likely N-dealkylation sites (N-methyl/N-ethyl adjacent to an activating group) is 1. The fourth-order valence-corrected chi connectivity index (χ4v) is 5.34. The molecule has 8 heteroatoms. The van der Waals surface area contributed by atoms with Crippen molar-refractivity contribution in [2.24, 2.45) is 5.92 Å². The zero-order valence-corrected chi connectivity index (χ0v) is 18.1. The molecule has 2 heterocycles. The summed E-state index contributed by atoms with van der Waals surface area (Å²) in [5.74, 6) is -1.62. The van der Waals surface area contributed by atoms with Crippen molar-refractivity contribution >= 4 is 23.8 Å². The molecule has 8 nitrogen and oxygen atoms in total. The molecule has 31 heavy (non-hydrogen) atoms. The molecule has 4 amide bonds. The third kappa shape index (κ3) is 3.58. The van der Waals surface area contributed by atoms with Crippen LogP contribution in [0.25, 0.3) is 0 Å². The normalized spacial score (nSPS) is 25.4. The van der Waals surface area contributed by atoms with Crippen LogP contribution in [-0.4, -0.2) is 77.8 Å². The summed E-state index contributed by atoms with van der Waals surface area (Å²) >= 11 is 0. The molecule has 1 aliphatic carbocycles. The van der Waals surface area contributed by atoms with Crippen LogP contribution < -0.4 is 0 Å². The molecule has 3 fully saturated rings. The van der Waals surface area contributed by atoms with E-state index < -0.39 is 17.5 Å². The van der Waals surface area contributed by atoms with Crippen LogP contribution in [0.15, 0.2) is 30.3 Å². The Hall–Kier alpha value is -2.90. The number of urea groups is 1. The van der Waals surface area contributed by atoms with E-state index in [-0.39, 0.29) is 36.8 Å². The van der Waals surface area contributed by atoms with E-state index in [9.17, 15) is 19.2 Å². The second-order valence-electron chi connectivity index (χ2n) is 8.77. The van der Waals surface area contributed by atoms with Gasteiger partial charge in [-0.25, -0.2) is 4.79 Å². The maximum Gasteiger partial charge on any atom is 0.327 e. The number of nitrogens with zero attached hydrogens (tertiary/aromatic N) is 3. The van der Waals surface area contributed by atoms with Crippen molar-refractivity contribution in [3.8, 4) is 0 Å². The van der Waals surface area contributed by atoms with Gasteiger partial charge in [0.1, 0.15) is 12.1 Å². The first-order valence-corrected chi connectivity index (χ1v) is 10.9. The first-order valence-electron chi connectivity index (χ1n) is 10.9. The maximum absolute atomic E-state index is 13.2. The second-order valence-corrected chi connectivity index (χ2v) is 8.77. The first-order chi connectivity index (χ1) is 14.9. The lowest BCUT2D eigenvalue weighted by atomic mass is 9.81. The minimum Gasteiger partial charge on any atom is -0.469 e. The quantitative estimate of drug-likeness (QED) is 0.542. The Morgan fingerprint density at radius 3 is 2.39 bits per heavy atom. The van der Waals surface area contributed by atoms with E-state index in [0.717, 1.165) is 29.7 Å². The number of esters is 1. The number of methoxy groups -OCH3 is 1. The Bertz CT molecular complexity index is 880.